The fourth-order valence-electron chi connectivity index (χ4n) is 5.05. The maximum atomic E-state index is 10.9. The topological polar surface area (TPSA) is 159 Å². The lowest BCUT2D eigenvalue weighted by molar-refractivity contribution is -0.387. The molecule has 192 valence electrons. The highest BCUT2D eigenvalue weighted by atomic mass is 16.9. The number of ether oxygens (including phenoxy) is 7. The van der Waals surface area contributed by atoms with E-state index in [1.165, 1.54) is 12.3 Å². The number of rotatable bonds is 5. The number of fused-ring (bicyclic) bond motifs is 3. The van der Waals surface area contributed by atoms with Crippen LogP contribution in [-0.2, 0) is 38.9 Å². The Bertz CT molecular complexity index is 856. The van der Waals surface area contributed by atoms with Gasteiger partial charge < -0.3 is 58.0 Å². The van der Waals surface area contributed by atoms with Crippen molar-refractivity contribution in [2.75, 3.05) is 13.2 Å². The molecule has 0 amide bonds. The predicted octanol–water partition coefficient (Wildman–Crippen LogP) is -0.681. The second-order valence-electron chi connectivity index (χ2n) is 9.93. The Morgan fingerprint density at radius 2 is 1.53 bits per heavy atom. The molecule has 4 N–H and O–H groups in total. The van der Waals surface area contributed by atoms with Crippen LogP contribution in [0, 0.1) is 0 Å². The summed E-state index contributed by atoms with van der Waals surface area (Å²) in [5.41, 5.74) is 0. The third-order valence-electron chi connectivity index (χ3n) is 6.53. The van der Waals surface area contributed by atoms with Gasteiger partial charge in [-0.1, -0.05) is 0 Å². The van der Waals surface area contributed by atoms with Gasteiger partial charge in [0.2, 0.25) is 0 Å². The van der Waals surface area contributed by atoms with E-state index in [-0.39, 0.29) is 12.4 Å². The summed E-state index contributed by atoms with van der Waals surface area (Å²) < 4.78 is 47.6. The van der Waals surface area contributed by atoms with Gasteiger partial charge >= 0.3 is 0 Å². The molecule has 1 aromatic rings. The summed E-state index contributed by atoms with van der Waals surface area (Å²) in [7, 11) is 0. The van der Waals surface area contributed by atoms with Crippen LogP contribution in [0.3, 0.4) is 0 Å². The van der Waals surface area contributed by atoms with Gasteiger partial charge in [0.15, 0.2) is 23.6 Å². The Morgan fingerprint density at radius 1 is 0.853 bits per heavy atom. The molecule has 4 fully saturated rings. The van der Waals surface area contributed by atoms with E-state index in [9.17, 15) is 20.4 Å². The SMILES string of the molecule is CC1(C)O[C@H]2[C@@H](O1)[C@@H](CO[C@@]1(c3ccco3)O[C@H](CO)[C@@H](O)[C@H](O)[C@@H]1O)O[C@@H]1OC(C)(C)O[C@@H]12. The van der Waals surface area contributed by atoms with E-state index < -0.39 is 79.1 Å². The molecule has 5 heterocycles. The summed E-state index contributed by atoms with van der Waals surface area (Å²) in [6, 6.07) is 3.05. The molecule has 0 spiro atoms. The summed E-state index contributed by atoms with van der Waals surface area (Å²) in [5, 5.41) is 41.3. The summed E-state index contributed by atoms with van der Waals surface area (Å²) in [5.74, 6) is -3.80. The van der Waals surface area contributed by atoms with Crippen LogP contribution in [0.4, 0.5) is 0 Å². The van der Waals surface area contributed by atoms with Crippen molar-refractivity contribution in [3.8, 4) is 0 Å². The number of hydrogen-bond donors (Lipinski definition) is 4. The van der Waals surface area contributed by atoms with Crippen molar-refractivity contribution >= 4 is 0 Å². The van der Waals surface area contributed by atoms with Crippen LogP contribution < -0.4 is 0 Å². The van der Waals surface area contributed by atoms with Crippen LogP contribution in [0.1, 0.15) is 33.5 Å². The van der Waals surface area contributed by atoms with Crippen molar-refractivity contribution in [1.29, 1.82) is 0 Å². The minimum absolute atomic E-state index is 0.0418. The van der Waals surface area contributed by atoms with Crippen LogP contribution >= 0.6 is 0 Å². The molecule has 12 heteroatoms. The van der Waals surface area contributed by atoms with Crippen molar-refractivity contribution < 1.29 is 58.0 Å². The van der Waals surface area contributed by atoms with Crippen LogP contribution in [0.25, 0.3) is 0 Å². The summed E-state index contributed by atoms with van der Waals surface area (Å²) in [4.78, 5) is 0. The lowest BCUT2D eigenvalue weighted by atomic mass is 9.90. The van der Waals surface area contributed by atoms with Gasteiger partial charge in [0, 0.05) is 0 Å². The Morgan fingerprint density at radius 3 is 2.21 bits per heavy atom. The maximum Gasteiger partial charge on any atom is 0.258 e. The van der Waals surface area contributed by atoms with E-state index in [0.29, 0.717) is 0 Å². The largest absolute Gasteiger partial charge is 0.463 e. The van der Waals surface area contributed by atoms with E-state index in [1.54, 1.807) is 33.8 Å². The molecule has 0 radical (unpaired) electrons. The smallest absolute Gasteiger partial charge is 0.258 e. The Hall–Kier alpha value is -1.16. The highest BCUT2D eigenvalue weighted by Crippen LogP contribution is 2.45. The van der Waals surface area contributed by atoms with Crippen molar-refractivity contribution in [2.24, 2.45) is 0 Å². The zero-order valence-electron chi connectivity index (χ0n) is 19.4. The quantitative estimate of drug-likeness (QED) is 0.414. The molecule has 0 aliphatic carbocycles. The molecule has 0 unspecified atom stereocenters. The Kier molecular flexibility index (Phi) is 6.10. The number of aliphatic hydroxyl groups is 4. The maximum absolute atomic E-state index is 10.9. The summed E-state index contributed by atoms with van der Waals surface area (Å²) in [6.45, 7) is 6.27. The van der Waals surface area contributed by atoms with E-state index in [0.717, 1.165) is 0 Å². The monoisotopic (exact) mass is 488 g/mol. The molecule has 34 heavy (non-hydrogen) atoms. The molecule has 0 bridgehead atoms. The third-order valence-corrected chi connectivity index (χ3v) is 6.53. The molecule has 4 aliphatic rings. The van der Waals surface area contributed by atoms with E-state index in [2.05, 4.69) is 0 Å². The number of hydrogen-bond acceptors (Lipinski definition) is 12. The zero-order valence-corrected chi connectivity index (χ0v) is 19.4. The summed E-state index contributed by atoms with van der Waals surface area (Å²) in [6.07, 6.45) is -8.01. The molecule has 5 rings (SSSR count). The van der Waals surface area contributed by atoms with Gasteiger partial charge in [-0.05, 0) is 39.8 Å². The first kappa shape index (κ1) is 24.5. The predicted molar refractivity (Wildman–Crippen MR) is 109 cm³/mol. The average Bonchev–Trinajstić information content (AvgIpc) is 3.48. The number of aliphatic hydroxyl groups excluding tert-OH is 4. The van der Waals surface area contributed by atoms with Gasteiger partial charge in [-0.2, -0.15) is 0 Å². The minimum Gasteiger partial charge on any atom is -0.463 e. The van der Waals surface area contributed by atoms with E-state index in [1.807, 2.05) is 0 Å². The van der Waals surface area contributed by atoms with E-state index in [4.69, 9.17) is 37.6 Å². The second-order valence-corrected chi connectivity index (χ2v) is 9.93. The van der Waals surface area contributed by atoms with Crippen molar-refractivity contribution in [2.45, 2.75) is 100 Å². The first-order chi connectivity index (χ1) is 16.0. The third kappa shape index (κ3) is 4.00. The summed E-state index contributed by atoms with van der Waals surface area (Å²) >= 11 is 0. The molecule has 0 saturated carbocycles. The van der Waals surface area contributed by atoms with Gasteiger partial charge in [-0.15, -0.1) is 0 Å². The van der Waals surface area contributed by atoms with Gasteiger partial charge in [-0.25, -0.2) is 0 Å². The van der Waals surface area contributed by atoms with Crippen LogP contribution in [0.15, 0.2) is 22.8 Å². The average molecular weight is 488 g/mol. The molecule has 4 aliphatic heterocycles. The molecule has 12 nitrogen and oxygen atoms in total. The second kappa shape index (κ2) is 8.46. The first-order valence-corrected chi connectivity index (χ1v) is 11.3. The highest BCUT2D eigenvalue weighted by molar-refractivity contribution is 5.13. The standard InChI is InChI=1S/C22H32O12/c1-20(2)31-15-11(29-19-17(16(15)32-20)33-21(3,4)34-19)9-28-22(12-6-5-7-27-12)18(26)14(25)13(24)10(8-23)30-22/h5-7,10-11,13-19,23-26H,8-9H2,1-4H3/t10-,11-,13-,14+,15+,16+,17-,18+,19-,22+/m1/s1. The van der Waals surface area contributed by atoms with E-state index >= 15 is 0 Å². The first-order valence-electron chi connectivity index (χ1n) is 11.3. The van der Waals surface area contributed by atoms with Crippen LogP contribution in [-0.4, -0.2) is 100 Å². The molecular formula is C22H32O12. The molecule has 10 atom stereocenters. The van der Waals surface area contributed by atoms with Gasteiger partial charge in [0.25, 0.3) is 5.79 Å². The highest BCUT2D eigenvalue weighted by Gasteiger charge is 2.62. The Labute approximate surface area is 196 Å². The molecule has 4 saturated heterocycles. The van der Waals surface area contributed by atoms with Crippen molar-refractivity contribution in [3.05, 3.63) is 24.2 Å². The lowest BCUT2D eigenvalue weighted by Crippen LogP contribution is -2.65. The zero-order chi connectivity index (χ0) is 24.5. The van der Waals surface area contributed by atoms with Crippen molar-refractivity contribution in [1.82, 2.24) is 0 Å². The minimum atomic E-state index is -2.04. The normalized spacial score (nSPS) is 47.4. The molecule has 0 aromatic carbocycles. The molecule has 1 aromatic heterocycles. The van der Waals surface area contributed by atoms with Gasteiger partial charge in [0.05, 0.1) is 19.5 Å². The van der Waals surface area contributed by atoms with Gasteiger partial charge in [-0.3, -0.25) is 0 Å². The van der Waals surface area contributed by atoms with Crippen LogP contribution in [0.2, 0.25) is 0 Å². The fraction of sp³-hybridized carbons (Fsp3) is 0.818. The lowest BCUT2D eigenvalue weighted by Gasteiger charge is -2.47. The Balaban J connectivity index is 1.42. The number of furan rings is 1. The van der Waals surface area contributed by atoms with Crippen molar-refractivity contribution in [3.63, 3.8) is 0 Å². The molecular weight excluding hydrogens is 456 g/mol. The fourth-order valence-corrected chi connectivity index (χ4v) is 5.05. The van der Waals surface area contributed by atoms with Crippen LogP contribution in [0.5, 0.6) is 0 Å². The van der Waals surface area contributed by atoms with Gasteiger partial charge in [0.1, 0.15) is 48.8 Å².